The van der Waals surface area contributed by atoms with Gasteiger partial charge in [0.1, 0.15) is 13.2 Å². The first kappa shape index (κ1) is 76.5. The van der Waals surface area contributed by atoms with Crippen molar-refractivity contribution in [3.05, 3.63) is 134 Å². The number of hydrogen-bond acceptors (Lipinski definition) is 6. The second-order valence-corrected chi connectivity index (χ2v) is 22.0. The van der Waals surface area contributed by atoms with Crippen molar-refractivity contribution < 1.29 is 28.6 Å². The van der Waals surface area contributed by atoms with Gasteiger partial charge in [-0.1, -0.05) is 302 Å². The molecule has 0 N–H and O–H groups in total. The highest BCUT2D eigenvalue weighted by Gasteiger charge is 2.19. The Kier molecular flexibility index (Phi) is 64.3. The third kappa shape index (κ3) is 66.2. The zero-order valence-electron chi connectivity index (χ0n) is 52.8. The summed E-state index contributed by atoms with van der Waals surface area (Å²) in [5.41, 5.74) is 0. The molecular formula is C75H124O6. The maximum atomic E-state index is 12.9. The summed E-state index contributed by atoms with van der Waals surface area (Å²) in [5, 5.41) is 0. The van der Waals surface area contributed by atoms with Crippen LogP contribution in [0.2, 0.25) is 0 Å². The molecular weight excluding hydrogens is 997 g/mol. The van der Waals surface area contributed by atoms with Crippen LogP contribution in [-0.4, -0.2) is 37.2 Å². The van der Waals surface area contributed by atoms with Gasteiger partial charge in [-0.15, -0.1) is 0 Å². The van der Waals surface area contributed by atoms with E-state index < -0.39 is 6.10 Å². The van der Waals surface area contributed by atoms with E-state index in [0.717, 1.165) is 122 Å². The van der Waals surface area contributed by atoms with E-state index >= 15 is 0 Å². The molecule has 0 aliphatic heterocycles. The van der Waals surface area contributed by atoms with E-state index in [0.29, 0.717) is 19.3 Å². The maximum absolute atomic E-state index is 12.9. The van der Waals surface area contributed by atoms with Crippen LogP contribution in [0.1, 0.15) is 303 Å². The van der Waals surface area contributed by atoms with Crippen LogP contribution in [0.3, 0.4) is 0 Å². The van der Waals surface area contributed by atoms with Gasteiger partial charge in [-0.05, 0) is 116 Å². The largest absolute Gasteiger partial charge is 0.462 e. The Balaban J connectivity index is 4.21. The molecule has 0 aliphatic rings. The third-order valence-corrected chi connectivity index (χ3v) is 14.2. The van der Waals surface area contributed by atoms with Crippen molar-refractivity contribution in [1.82, 2.24) is 0 Å². The van der Waals surface area contributed by atoms with Crippen LogP contribution in [0, 0.1) is 0 Å². The average molecular weight is 1120 g/mol. The summed E-state index contributed by atoms with van der Waals surface area (Å²) in [6.45, 7) is 6.39. The zero-order chi connectivity index (χ0) is 58.5. The molecule has 6 heteroatoms. The molecule has 460 valence electrons. The number of carbonyl (C=O) groups is 3. The highest BCUT2D eigenvalue weighted by Crippen LogP contribution is 2.16. The summed E-state index contributed by atoms with van der Waals surface area (Å²) in [4.78, 5) is 38.3. The number of esters is 3. The molecule has 6 nitrogen and oxygen atoms in total. The van der Waals surface area contributed by atoms with Crippen molar-refractivity contribution in [1.29, 1.82) is 0 Å². The van der Waals surface area contributed by atoms with Gasteiger partial charge in [0.2, 0.25) is 0 Å². The molecule has 0 radical (unpaired) electrons. The Morgan fingerprint density at radius 1 is 0.259 bits per heavy atom. The highest BCUT2D eigenvalue weighted by atomic mass is 16.6. The van der Waals surface area contributed by atoms with Crippen LogP contribution in [-0.2, 0) is 28.6 Å². The first-order valence-electron chi connectivity index (χ1n) is 33.7. The fourth-order valence-corrected chi connectivity index (χ4v) is 9.18. The van der Waals surface area contributed by atoms with Crippen LogP contribution in [0.25, 0.3) is 0 Å². The summed E-state index contributed by atoms with van der Waals surface area (Å²) in [7, 11) is 0. The Bertz CT molecular complexity index is 1720. The molecule has 0 fully saturated rings. The molecule has 1 atom stereocenters. The van der Waals surface area contributed by atoms with Crippen LogP contribution in [0.15, 0.2) is 134 Å². The lowest BCUT2D eigenvalue weighted by molar-refractivity contribution is -0.167. The summed E-state index contributed by atoms with van der Waals surface area (Å²) in [6.07, 6.45) is 96.2. The van der Waals surface area contributed by atoms with E-state index in [1.165, 1.54) is 135 Å². The average Bonchev–Trinajstić information content (AvgIpc) is 3.46. The first-order valence-corrected chi connectivity index (χ1v) is 33.7. The lowest BCUT2D eigenvalue weighted by Crippen LogP contribution is -2.30. The molecule has 1 unspecified atom stereocenters. The summed E-state index contributed by atoms with van der Waals surface area (Å²) in [5.74, 6) is -0.931. The predicted octanol–water partition coefficient (Wildman–Crippen LogP) is 23.3. The molecule has 0 heterocycles. The quantitative estimate of drug-likeness (QED) is 0.0261. The molecule has 0 amide bonds. The Labute approximate surface area is 500 Å². The number of unbranched alkanes of at least 4 members (excludes halogenated alkanes) is 27. The molecule has 0 saturated carbocycles. The molecule has 0 aromatic heterocycles. The van der Waals surface area contributed by atoms with Crippen molar-refractivity contribution in [3.8, 4) is 0 Å². The number of hydrogen-bond donors (Lipinski definition) is 0. The van der Waals surface area contributed by atoms with Crippen molar-refractivity contribution in [2.75, 3.05) is 13.2 Å². The number of ether oxygens (including phenoxy) is 3. The lowest BCUT2D eigenvalue weighted by Gasteiger charge is -2.18. The second kappa shape index (κ2) is 68.1. The molecule has 0 aliphatic carbocycles. The lowest BCUT2D eigenvalue weighted by atomic mass is 10.0. The van der Waals surface area contributed by atoms with Crippen molar-refractivity contribution >= 4 is 17.9 Å². The maximum Gasteiger partial charge on any atom is 0.306 e. The van der Waals surface area contributed by atoms with Crippen molar-refractivity contribution in [2.45, 2.75) is 309 Å². The Hall–Kier alpha value is -4.45. The van der Waals surface area contributed by atoms with Gasteiger partial charge in [0.05, 0.1) is 0 Å². The van der Waals surface area contributed by atoms with Crippen LogP contribution in [0.5, 0.6) is 0 Å². The molecule has 0 aromatic rings. The van der Waals surface area contributed by atoms with Crippen LogP contribution in [0.4, 0.5) is 0 Å². The number of rotatable bonds is 60. The van der Waals surface area contributed by atoms with Gasteiger partial charge in [-0.2, -0.15) is 0 Å². The Morgan fingerprint density at radius 3 is 0.778 bits per heavy atom. The molecule has 0 spiro atoms. The minimum atomic E-state index is -0.801. The number of allylic oxidation sites excluding steroid dienone is 22. The van der Waals surface area contributed by atoms with Gasteiger partial charge in [0, 0.05) is 19.3 Å². The molecule has 0 bridgehead atoms. The fraction of sp³-hybridized carbons (Fsp3) is 0.667. The van der Waals surface area contributed by atoms with Gasteiger partial charge in [0.25, 0.3) is 0 Å². The van der Waals surface area contributed by atoms with E-state index in [2.05, 4.69) is 154 Å². The smallest absolute Gasteiger partial charge is 0.306 e. The van der Waals surface area contributed by atoms with E-state index in [1.807, 2.05) is 0 Å². The van der Waals surface area contributed by atoms with E-state index in [9.17, 15) is 14.4 Å². The van der Waals surface area contributed by atoms with Gasteiger partial charge >= 0.3 is 17.9 Å². The zero-order valence-corrected chi connectivity index (χ0v) is 52.8. The van der Waals surface area contributed by atoms with E-state index in [-0.39, 0.29) is 37.5 Å². The molecule has 81 heavy (non-hydrogen) atoms. The summed E-state index contributed by atoms with van der Waals surface area (Å²) >= 11 is 0. The second-order valence-electron chi connectivity index (χ2n) is 22.0. The summed E-state index contributed by atoms with van der Waals surface area (Å²) < 4.78 is 16.9. The van der Waals surface area contributed by atoms with Gasteiger partial charge < -0.3 is 14.2 Å². The molecule has 0 saturated heterocycles. The minimum Gasteiger partial charge on any atom is -0.462 e. The minimum absolute atomic E-state index is 0.0939. The highest BCUT2D eigenvalue weighted by molar-refractivity contribution is 5.71. The fourth-order valence-electron chi connectivity index (χ4n) is 9.18. The number of carbonyl (C=O) groups excluding carboxylic acids is 3. The predicted molar refractivity (Wildman–Crippen MR) is 353 cm³/mol. The van der Waals surface area contributed by atoms with Crippen molar-refractivity contribution in [2.24, 2.45) is 0 Å². The van der Waals surface area contributed by atoms with E-state index in [4.69, 9.17) is 14.2 Å². The van der Waals surface area contributed by atoms with Gasteiger partial charge in [-0.25, -0.2) is 0 Å². The van der Waals surface area contributed by atoms with Crippen molar-refractivity contribution in [3.63, 3.8) is 0 Å². The van der Waals surface area contributed by atoms with Crippen LogP contribution < -0.4 is 0 Å². The van der Waals surface area contributed by atoms with Gasteiger partial charge in [0.15, 0.2) is 6.10 Å². The topological polar surface area (TPSA) is 78.9 Å². The third-order valence-electron chi connectivity index (χ3n) is 14.2. The monoisotopic (exact) mass is 1120 g/mol. The summed E-state index contributed by atoms with van der Waals surface area (Å²) in [6, 6.07) is 0. The van der Waals surface area contributed by atoms with Gasteiger partial charge in [-0.3, -0.25) is 14.4 Å². The Morgan fingerprint density at radius 2 is 0.481 bits per heavy atom. The van der Waals surface area contributed by atoms with Crippen LogP contribution >= 0.6 is 0 Å². The molecule has 0 aromatic carbocycles. The van der Waals surface area contributed by atoms with E-state index in [1.54, 1.807) is 0 Å². The SMILES string of the molecule is CC/C=C\C/C=C\C/C=C\C/C=C\C/C=C\C/C=C\C/C=C\CCCCCCCCCCCCCCCC(=O)OCC(COC(=O)CCCCCCCCCCCCCCC)OC(=O)CCCC/C=C\C/C=C\C/C=C\C/C=C\CC. The standard InChI is InChI=1S/C75H124O6/c1-4-7-10-13-16-19-22-25-27-28-29-30-31-32-33-34-35-36-37-38-39-40-41-42-43-44-45-46-48-50-53-56-59-62-65-68-74(77)80-71-72(70-79-73(76)67-64-61-58-55-52-49-24-21-18-15-12-9-6-3)81-75(78)69-66-63-60-57-54-51-47-26-23-20-17-14-11-8-5-2/h7-8,10-11,16-17,19-20,25-27,29-30,32-33,35-36,38-39,47,54,57,72H,4-6,9,12-15,18,21-24,28,31,34,37,40-46,48-53,55-56,58-71H2,1-3H3/b10-7-,11-8-,19-16-,20-17-,27-25-,30-29-,33-32-,36-35-,39-38-,47-26-,57-54-. The first-order chi connectivity index (χ1) is 40.0. The normalized spacial score (nSPS) is 13.0. The molecule has 0 rings (SSSR count).